The third-order valence-corrected chi connectivity index (χ3v) is 6.01. The number of carbonyl (C=O) groups is 2. The van der Waals surface area contributed by atoms with Crippen LogP contribution in [0.2, 0.25) is 0 Å². The summed E-state index contributed by atoms with van der Waals surface area (Å²) in [6.07, 6.45) is 3.68. The van der Waals surface area contributed by atoms with E-state index in [0.717, 1.165) is 11.1 Å². The average Bonchev–Trinajstić information content (AvgIpc) is 3.16. The van der Waals surface area contributed by atoms with Crippen molar-refractivity contribution in [3.05, 3.63) is 76.3 Å². The Morgan fingerprint density at radius 3 is 2.79 bits per heavy atom. The van der Waals surface area contributed by atoms with Gasteiger partial charge in [0, 0.05) is 11.6 Å². The van der Waals surface area contributed by atoms with E-state index in [1.54, 1.807) is 18.2 Å². The van der Waals surface area contributed by atoms with Crippen LogP contribution in [0.25, 0.3) is 17.0 Å². The van der Waals surface area contributed by atoms with Crippen LogP contribution in [0.15, 0.2) is 64.6 Å². The van der Waals surface area contributed by atoms with Gasteiger partial charge >= 0.3 is 0 Å². The van der Waals surface area contributed by atoms with E-state index in [1.807, 2.05) is 36.4 Å². The van der Waals surface area contributed by atoms with E-state index in [1.165, 1.54) is 25.1 Å². The first-order chi connectivity index (χ1) is 16.0. The van der Waals surface area contributed by atoms with Gasteiger partial charge in [-0.25, -0.2) is 0 Å². The SMILES string of the molecule is COc1c(C(N)=O)cnc2ccc(C=C3SC(=N[C@@H](CO)Cc4ccccc4)NC3=O)cc12. The third kappa shape index (κ3) is 5.05. The maximum Gasteiger partial charge on any atom is 0.264 e. The second kappa shape index (κ2) is 9.85. The highest BCUT2D eigenvalue weighted by Gasteiger charge is 2.25. The molecule has 3 aromatic rings. The second-order valence-electron chi connectivity index (χ2n) is 7.37. The van der Waals surface area contributed by atoms with E-state index < -0.39 is 5.91 Å². The van der Waals surface area contributed by atoms with Gasteiger partial charge < -0.3 is 20.9 Å². The summed E-state index contributed by atoms with van der Waals surface area (Å²) < 4.78 is 5.40. The number of benzene rings is 2. The van der Waals surface area contributed by atoms with Crippen LogP contribution < -0.4 is 15.8 Å². The molecule has 2 heterocycles. The lowest BCUT2D eigenvalue weighted by molar-refractivity contribution is -0.115. The van der Waals surface area contributed by atoms with Crippen LogP contribution >= 0.6 is 11.8 Å². The third-order valence-electron chi connectivity index (χ3n) is 5.09. The van der Waals surface area contributed by atoms with Crippen molar-refractivity contribution in [1.29, 1.82) is 0 Å². The number of aliphatic hydroxyl groups is 1. The number of fused-ring (bicyclic) bond motifs is 1. The van der Waals surface area contributed by atoms with Crippen molar-refractivity contribution in [3.8, 4) is 5.75 Å². The number of aromatic nitrogens is 1. The Hall–Kier alpha value is -3.69. The Balaban J connectivity index is 1.59. The number of hydrogen-bond donors (Lipinski definition) is 3. The molecule has 0 spiro atoms. The number of amides is 2. The summed E-state index contributed by atoms with van der Waals surface area (Å²) in [4.78, 5) is 33.4. The van der Waals surface area contributed by atoms with Gasteiger partial charge in [0.05, 0.1) is 30.2 Å². The average molecular weight is 463 g/mol. The predicted octanol–water partition coefficient (Wildman–Crippen LogP) is 2.51. The number of pyridine rings is 1. The van der Waals surface area contributed by atoms with Crippen molar-refractivity contribution >= 4 is 45.7 Å². The number of methoxy groups -OCH3 is 1. The Kier molecular flexibility index (Phi) is 6.71. The molecule has 4 rings (SSSR count). The zero-order valence-electron chi connectivity index (χ0n) is 17.8. The molecule has 168 valence electrons. The van der Waals surface area contributed by atoms with Crippen molar-refractivity contribution in [2.75, 3.05) is 13.7 Å². The van der Waals surface area contributed by atoms with Crippen LogP contribution in [-0.2, 0) is 11.2 Å². The molecule has 1 saturated heterocycles. The second-order valence-corrected chi connectivity index (χ2v) is 8.40. The molecule has 0 bridgehead atoms. The molecular formula is C24H22N4O4S. The minimum Gasteiger partial charge on any atom is -0.495 e. The van der Waals surface area contributed by atoms with Gasteiger partial charge in [0.15, 0.2) is 5.17 Å². The monoisotopic (exact) mass is 462 g/mol. The molecule has 0 aliphatic carbocycles. The minimum atomic E-state index is -0.634. The maximum atomic E-state index is 12.5. The Labute approximate surface area is 194 Å². The fraction of sp³-hybridized carbons (Fsp3) is 0.167. The Morgan fingerprint density at radius 1 is 1.30 bits per heavy atom. The number of hydrogen-bond acceptors (Lipinski definition) is 7. The Morgan fingerprint density at radius 2 is 2.09 bits per heavy atom. The number of ether oxygens (including phenoxy) is 1. The molecule has 2 aromatic carbocycles. The lowest BCUT2D eigenvalue weighted by Crippen LogP contribution is -2.23. The number of aliphatic imine (C=N–C) groups is 1. The quantitative estimate of drug-likeness (QED) is 0.463. The molecule has 0 radical (unpaired) electrons. The summed E-state index contributed by atoms with van der Waals surface area (Å²) in [5.41, 5.74) is 8.03. The summed E-state index contributed by atoms with van der Waals surface area (Å²) in [6, 6.07) is 14.8. The number of rotatable bonds is 7. The van der Waals surface area contributed by atoms with E-state index >= 15 is 0 Å². The molecule has 1 aliphatic rings. The van der Waals surface area contributed by atoms with Gasteiger partial charge in [-0.1, -0.05) is 36.4 Å². The van der Waals surface area contributed by atoms with Crippen molar-refractivity contribution in [3.63, 3.8) is 0 Å². The Bertz CT molecular complexity index is 1270. The van der Waals surface area contributed by atoms with Gasteiger partial charge in [-0.15, -0.1) is 0 Å². The predicted molar refractivity (Wildman–Crippen MR) is 129 cm³/mol. The smallest absolute Gasteiger partial charge is 0.264 e. The van der Waals surface area contributed by atoms with Crippen LogP contribution in [0.4, 0.5) is 0 Å². The molecule has 1 aliphatic heterocycles. The van der Waals surface area contributed by atoms with Crippen LogP contribution in [0.1, 0.15) is 21.5 Å². The molecular weight excluding hydrogens is 440 g/mol. The minimum absolute atomic E-state index is 0.131. The fourth-order valence-corrected chi connectivity index (χ4v) is 4.41. The molecule has 0 saturated carbocycles. The summed E-state index contributed by atoms with van der Waals surface area (Å²) in [5.74, 6) is -0.568. The maximum absolute atomic E-state index is 12.5. The molecule has 1 atom stereocenters. The van der Waals surface area contributed by atoms with Crippen LogP contribution in [0.3, 0.4) is 0 Å². The summed E-state index contributed by atoms with van der Waals surface area (Å²) in [5, 5.41) is 13.5. The largest absolute Gasteiger partial charge is 0.495 e. The first-order valence-electron chi connectivity index (χ1n) is 10.2. The van der Waals surface area contributed by atoms with Crippen LogP contribution in [-0.4, -0.2) is 46.8 Å². The molecule has 8 nitrogen and oxygen atoms in total. The number of nitrogens with two attached hydrogens (primary N) is 1. The summed E-state index contributed by atoms with van der Waals surface area (Å²) in [6.45, 7) is -0.131. The van der Waals surface area contributed by atoms with E-state index in [2.05, 4.69) is 15.3 Å². The van der Waals surface area contributed by atoms with Gasteiger partial charge in [0.1, 0.15) is 11.3 Å². The van der Waals surface area contributed by atoms with E-state index in [-0.39, 0.29) is 24.1 Å². The number of aliphatic hydroxyl groups excluding tert-OH is 1. The van der Waals surface area contributed by atoms with Gasteiger partial charge in [-0.2, -0.15) is 0 Å². The van der Waals surface area contributed by atoms with Crippen molar-refractivity contribution in [1.82, 2.24) is 10.3 Å². The standard InChI is InChI=1S/C24H22N4O4S/c1-32-21-17-10-15(7-8-19(17)26-12-18(21)22(25)30)11-20-23(31)28-24(33-20)27-16(13-29)9-14-5-3-2-4-6-14/h2-8,10-12,16,29H,9,13H2,1H3,(H2,25,30)(H,27,28,31)/t16-/m1/s1. The lowest BCUT2D eigenvalue weighted by Gasteiger charge is -2.10. The van der Waals surface area contributed by atoms with Crippen LogP contribution in [0, 0.1) is 0 Å². The molecule has 33 heavy (non-hydrogen) atoms. The fourth-order valence-electron chi connectivity index (χ4n) is 3.51. The molecule has 1 aromatic heterocycles. The van der Waals surface area contributed by atoms with Crippen molar-refractivity contribution in [2.24, 2.45) is 10.7 Å². The topological polar surface area (TPSA) is 127 Å². The number of nitrogens with zero attached hydrogens (tertiary/aromatic N) is 2. The highest BCUT2D eigenvalue weighted by molar-refractivity contribution is 8.18. The number of thioether (sulfide) groups is 1. The van der Waals surface area contributed by atoms with E-state index in [4.69, 9.17) is 10.5 Å². The normalized spacial score (nSPS) is 16.8. The highest BCUT2D eigenvalue weighted by atomic mass is 32.2. The first-order valence-corrected chi connectivity index (χ1v) is 11.0. The molecule has 9 heteroatoms. The molecule has 0 unspecified atom stereocenters. The number of amidine groups is 1. The highest BCUT2D eigenvalue weighted by Crippen LogP contribution is 2.31. The van der Waals surface area contributed by atoms with Gasteiger partial charge in [0.25, 0.3) is 11.8 Å². The number of carbonyl (C=O) groups excluding carboxylic acids is 2. The van der Waals surface area contributed by atoms with Gasteiger partial charge in [0.2, 0.25) is 0 Å². The van der Waals surface area contributed by atoms with Gasteiger partial charge in [-0.05, 0) is 47.5 Å². The molecule has 2 amide bonds. The summed E-state index contributed by atoms with van der Waals surface area (Å²) in [7, 11) is 1.46. The zero-order chi connectivity index (χ0) is 23.4. The first kappa shape index (κ1) is 22.5. The zero-order valence-corrected chi connectivity index (χ0v) is 18.6. The van der Waals surface area contributed by atoms with Crippen LogP contribution in [0.5, 0.6) is 5.75 Å². The van der Waals surface area contributed by atoms with E-state index in [9.17, 15) is 14.7 Å². The lowest BCUT2D eigenvalue weighted by atomic mass is 10.1. The van der Waals surface area contributed by atoms with Crippen molar-refractivity contribution in [2.45, 2.75) is 12.5 Å². The number of nitrogens with one attached hydrogen (secondary N) is 1. The molecule has 4 N–H and O–H groups in total. The van der Waals surface area contributed by atoms with Crippen molar-refractivity contribution < 1.29 is 19.4 Å². The molecule has 1 fully saturated rings. The van der Waals surface area contributed by atoms with E-state index in [0.29, 0.717) is 33.1 Å². The van der Waals surface area contributed by atoms with Gasteiger partial charge in [-0.3, -0.25) is 19.6 Å². The number of primary amides is 1. The summed E-state index contributed by atoms with van der Waals surface area (Å²) >= 11 is 1.21.